The summed E-state index contributed by atoms with van der Waals surface area (Å²) >= 11 is 0. The number of pyridine rings is 2. The molecule has 1 saturated heterocycles. The lowest BCUT2D eigenvalue weighted by molar-refractivity contribution is -0.184. The molecule has 1 fully saturated rings. The summed E-state index contributed by atoms with van der Waals surface area (Å²) in [5.74, 6) is 0.353. The second kappa shape index (κ2) is 10.3. The Hall–Kier alpha value is -2.50. The summed E-state index contributed by atoms with van der Waals surface area (Å²) in [7, 11) is 0. The molecule has 0 unspecified atom stereocenters. The van der Waals surface area contributed by atoms with Gasteiger partial charge >= 0.3 is 6.18 Å². The predicted octanol–water partition coefficient (Wildman–Crippen LogP) is 4.69. The smallest absolute Gasteiger partial charge is 0.390 e. The van der Waals surface area contributed by atoms with E-state index in [0.29, 0.717) is 17.2 Å². The van der Waals surface area contributed by atoms with Crippen molar-refractivity contribution in [1.82, 2.24) is 24.5 Å². The molecule has 4 aromatic rings. The molecule has 1 aliphatic rings. The van der Waals surface area contributed by atoms with Crippen LogP contribution >= 0.6 is 24.8 Å². The van der Waals surface area contributed by atoms with E-state index in [4.69, 9.17) is 10.7 Å². The van der Waals surface area contributed by atoms with Crippen LogP contribution in [0.5, 0.6) is 0 Å². The number of para-hydroxylation sites is 1. The van der Waals surface area contributed by atoms with Crippen LogP contribution in [0.2, 0.25) is 0 Å². The fraction of sp³-hybridized carbons (Fsp3) is 0.400. The van der Waals surface area contributed by atoms with Crippen LogP contribution in [0.15, 0.2) is 48.7 Å². The van der Waals surface area contributed by atoms with Gasteiger partial charge in [0.1, 0.15) is 11.7 Å². The lowest BCUT2D eigenvalue weighted by atomic mass is 9.85. The zero-order chi connectivity index (χ0) is 25.1. The molecule has 12 heteroatoms. The molecule has 3 atom stereocenters. The van der Waals surface area contributed by atoms with Gasteiger partial charge in [-0.15, -0.1) is 35.0 Å². The van der Waals surface area contributed by atoms with E-state index >= 15 is 0 Å². The van der Waals surface area contributed by atoms with Gasteiger partial charge in [-0.05, 0) is 28.7 Å². The minimum absolute atomic E-state index is 0. The van der Waals surface area contributed by atoms with Gasteiger partial charge in [-0.2, -0.15) is 13.2 Å². The van der Waals surface area contributed by atoms with Crippen LogP contribution in [0, 0.1) is 0 Å². The minimum atomic E-state index is -4.56. The molecule has 1 aromatic carbocycles. The number of β-amino-alcohol motifs (C(OH)–C–C–N with tert-alkyl or cyclic N) is 1. The molecule has 3 aromatic heterocycles. The molecule has 7 nitrogen and oxygen atoms in total. The Morgan fingerprint density at radius 2 is 1.73 bits per heavy atom. The van der Waals surface area contributed by atoms with Gasteiger partial charge in [0.05, 0.1) is 11.6 Å². The Morgan fingerprint density at radius 1 is 1.00 bits per heavy atom. The number of aliphatic hydroxyl groups excluding tert-OH is 1. The number of aromatic nitrogens is 4. The molecular formula is C25H29Cl2F3N6O. The highest BCUT2D eigenvalue weighted by Crippen LogP contribution is 2.39. The molecule has 0 spiro atoms. The Balaban J connectivity index is 0.00000190. The van der Waals surface area contributed by atoms with Crippen molar-refractivity contribution in [1.29, 1.82) is 0 Å². The summed E-state index contributed by atoms with van der Waals surface area (Å²) in [6.07, 6.45) is -4.16. The molecule has 200 valence electrons. The average molecular weight is 557 g/mol. The lowest BCUT2D eigenvalue weighted by Crippen LogP contribution is -2.38. The third kappa shape index (κ3) is 5.39. The van der Waals surface area contributed by atoms with E-state index in [1.807, 2.05) is 24.3 Å². The number of rotatable bonds is 3. The maximum absolute atomic E-state index is 14.2. The summed E-state index contributed by atoms with van der Waals surface area (Å²) in [6.45, 7) is 6.11. The normalized spacial score (nSPS) is 19.6. The number of nitrogens with two attached hydrogens (primary N) is 1. The molecule has 0 bridgehead atoms. The zero-order valence-corrected chi connectivity index (χ0v) is 22.1. The van der Waals surface area contributed by atoms with Crippen molar-refractivity contribution in [2.24, 2.45) is 5.73 Å². The number of hydrogen-bond donors (Lipinski definition) is 2. The molecule has 3 N–H and O–H groups in total. The SMILES string of the molecule is CC(C)(C)c1cccc2ccc(-c3nnc4ccc([C@@H](N5C[C@@H](N)[C@H](O)C5)C(F)(F)F)cn34)nc12.Cl.Cl. The van der Waals surface area contributed by atoms with Gasteiger partial charge in [0.15, 0.2) is 11.5 Å². The molecule has 1 aliphatic heterocycles. The topological polar surface area (TPSA) is 92.6 Å². The summed E-state index contributed by atoms with van der Waals surface area (Å²) in [5, 5.41) is 19.3. The maximum atomic E-state index is 14.2. The van der Waals surface area contributed by atoms with E-state index in [1.165, 1.54) is 27.6 Å². The monoisotopic (exact) mass is 556 g/mol. The van der Waals surface area contributed by atoms with Gasteiger partial charge in [-0.3, -0.25) is 9.30 Å². The molecule has 37 heavy (non-hydrogen) atoms. The standard InChI is InChI=1S/C25H27F3N6O.2ClH/c1-24(2,3)16-6-4-5-14-7-9-18(30-21(14)16)23-32-31-20-10-8-15(11-34(20)23)22(25(26,27)28)33-12-17(29)19(35)13-33;;/h4-11,17,19,22,35H,12-13,29H2,1-3H3;2*1H/t17-,19-,22-;;/m1../s1. The first-order chi connectivity index (χ1) is 16.4. The summed E-state index contributed by atoms with van der Waals surface area (Å²) in [5.41, 5.74) is 8.47. The van der Waals surface area contributed by atoms with Crippen LogP contribution in [-0.4, -0.2) is 61.0 Å². The van der Waals surface area contributed by atoms with Crippen molar-refractivity contribution >= 4 is 41.4 Å². The number of hydrogen-bond acceptors (Lipinski definition) is 6. The highest BCUT2D eigenvalue weighted by atomic mass is 35.5. The van der Waals surface area contributed by atoms with Crippen LogP contribution < -0.4 is 5.73 Å². The summed E-state index contributed by atoms with van der Waals surface area (Å²) in [4.78, 5) is 6.02. The Kier molecular flexibility index (Phi) is 8.12. The predicted molar refractivity (Wildman–Crippen MR) is 141 cm³/mol. The van der Waals surface area contributed by atoms with Crippen LogP contribution in [0.25, 0.3) is 28.1 Å². The van der Waals surface area contributed by atoms with Gasteiger partial charge in [0, 0.05) is 30.7 Å². The first-order valence-corrected chi connectivity index (χ1v) is 11.4. The third-order valence-corrected chi connectivity index (χ3v) is 6.53. The average Bonchev–Trinajstić information content (AvgIpc) is 3.34. The van der Waals surface area contributed by atoms with Crippen molar-refractivity contribution < 1.29 is 18.3 Å². The van der Waals surface area contributed by atoms with E-state index in [2.05, 4.69) is 31.0 Å². The third-order valence-electron chi connectivity index (χ3n) is 6.53. The number of alkyl halides is 3. The number of likely N-dealkylation sites (tertiary alicyclic amines) is 1. The Bertz CT molecular complexity index is 1390. The fourth-order valence-electron chi connectivity index (χ4n) is 4.78. The van der Waals surface area contributed by atoms with Crippen LogP contribution in [-0.2, 0) is 5.41 Å². The second-order valence-corrected chi connectivity index (χ2v) is 10.2. The van der Waals surface area contributed by atoms with E-state index < -0.39 is 24.4 Å². The summed E-state index contributed by atoms with van der Waals surface area (Å²) in [6, 6.07) is 9.99. The minimum Gasteiger partial charge on any atom is -0.390 e. The molecule has 0 radical (unpaired) electrons. The van der Waals surface area contributed by atoms with Gasteiger partial charge in [-0.25, -0.2) is 4.98 Å². The van der Waals surface area contributed by atoms with Crippen LogP contribution in [0.4, 0.5) is 13.2 Å². The van der Waals surface area contributed by atoms with Crippen molar-refractivity contribution in [3.63, 3.8) is 0 Å². The molecule has 0 amide bonds. The Labute approximate surface area is 224 Å². The number of benzene rings is 1. The number of nitrogens with zero attached hydrogens (tertiary/aromatic N) is 5. The number of aliphatic hydroxyl groups is 1. The van der Waals surface area contributed by atoms with Crippen LogP contribution in [0.1, 0.15) is 37.9 Å². The fourth-order valence-corrected chi connectivity index (χ4v) is 4.78. The van der Waals surface area contributed by atoms with Gasteiger partial charge in [0.25, 0.3) is 0 Å². The largest absolute Gasteiger partial charge is 0.408 e. The summed E-state index contributed by atoms with van der Waals surface area (Å²) < 4.78 is 44.1. The zero-order valence-electron chi connectivity index (χ0n) is 20.5. The molecule has 0 saturated carbocycles. The van der Waals surface area contributed by atoms with Crippen molar-refractivity contribution in [3.8, 4) is 11.5 Å². The van der Waals surface area contributed by atoms with Gasteiger partial charge in [-0.1, -0.05) is 51.1 Å². The van der Waals surface area contributed by atoms with E-state index in [0.717, 1.165) is 16.5 Å². The van der Waals surface area contributed by atoms with Gasteiger partial charge in [0.2, 0.25) is 0 Å². The highest BCUT2D eigenvalue weighted by molar-refractivity contribution is 5.86. The first kappa shape index (κ1) is 29.1. The van der Waals surface area contributed by atoms with Crippen molar-refractivity contribution in [2.45, 2.75) is 50.6 Å². The number of halogens is 5. The van der Waals surface area contributed by atoms with E-state index in [1.54, 1.807) is 6.07 Å². The van der Waals surface area contributed by atoms with Gasteiger partial charge < -0.3 is 10.8 Å². The van der Waals surface area contributed by atoms with E-state index in [9.17, 15) is 18.3 Å². The molecule has 5 rings (SSSR count). The molecule has 4 heterocycles. The quantitative estimate of drug-likeness (QED) is 0.380. The Morgan fingerprint density at radius 3 is 2.35 bits per heavy atom. The van der Waals surface area contributed by atoms with Crippen molar-refractivity contribution in [3.05, 3.63) is 59.8 Å². The molecule has 0 aliphatic carbocycles. The molecular weight excluding hydrogens is 528 g/mol. The van der Waals surface area contributed by atoms with Crippen molar-refractivity contribution in [2.75, 3.05) is 13.1 Å². The van der Waals surface area contributed by atoms with E-state index in [-0.39, 0.29) is 48.9 Å². The highest BCUT2D eigenvalue weighted by Gasteiger charge is 2.48. The first-order valence-electron chi connectivity index (χ1n) is 11.4. The second-order valence-electron chi connectivity index (χ2n) is 10.2. The number of fused-ring (bicyclic) bond motifs is 2. The van der Waals surface area contributed by atoms with Crippen LogP contribution in [0.3, 0.4) is 0 Å². The lowest BCUT2D eigenvalue weighted by Gasteiger charge is -2.29. The maximum Gasteiger partial charge on any atom is 0.408 e.